The molecule has 0 aliphatic carbocycles. The van der Waals surface area contributed by atoms with E-state index < -0.39 is 28.1 Å². The maximum atomic E-state index is 12.2. The smallest absolute Gasteiger partial charge is 0.305 e. The number of nitrogens with one attached hydrogen (secondary N) is 1. The van der Waals surface area contributed by atoms with Gasteiger partial charge in [0.25, 0.3) is 0 Å². The Morgan fingerprint density at radius 1 is 1.50 bits per heavy atom. The van der Waals surface area contributed by atoms with E-state index in [1.54, 1.807) is 18.2 Å². The Morgan fingerprint density at radius 2 is 2.10 bits per heavy atom. The van der Waals surface area contributed by atoms with Crippen molar-refractivity contribution in [2.75, 3.05) is 0 Å². The second kappa shape index (κ2) is 7.13. The first-order chi connectivity index (χ1) is 9.09. The van der Waals surface area contributed by atoms with Gasteiger partial charge in [-0.15, -0.1) is 4.72 Å². The van der Waals surface area contributed by atoms with E-state index in [1.165, 1.54) is 0 Å². The fourth-order valence-electron chi connectivity index (χ4n) is 1.48. The predicted molar refractivity (Wildman–Crippen MR) is 85.2 cm³/mol. The average Bonchev–Trinajstić information content (AvgIpc) is 2.24. The summed E-state index contributed by atoms with van der Waals surface area (Å²) in [5.41, 5.74) is 0.685. The number of halogens is 2. The zero-order valence-corrected chi connectivity index (χ0v) is 14.6. The maximum Gasteiger partial charge on any atom is 0.305 e. The molecule has 0 heterocycles. The van der Waals surface area contributed by atoms with Gasteiger partial charge in [-0.2, -0.15) is 0 Å². The highest BCUT2D eigenvalue weighted by Gasteiger charge is 2.31. The van der Waals surface area contributed by atoms with E-state index in [1.807, 2.05) is 20.8 Å². The van der Waals surface area contributed by atoms with E-state index in [4.69, 9.17) is 16.7 Å². The van der Waals surface area contributed by atoms with Crippen LogP contribution in [0, 0.1) is 0 Å². The van der Waals surface area contributed by atoms with Crippen LogP contribution >= 0.6 is 27.5 Å². The molecule has 112 valence electrons. The molecule has 0 fully saturated rings. The largest absolute Gasteiger partial charge is 0.598 e. The topological polar surface area (TPSA) is 72.4 Å². The number of carboxylic acids is 1. The van der Waals surface area contributed by atoms with Gasteiger partial charge < -0.3 is 9.66 Å². The van der Waals surface area contributed by atoms with Gasteiger partial charge in [0.05, 0.1) is 12.5 Å². The minimum absolute atomic E-state index is 0.172. The number of rotatable bonds is 5. The van der Waals surface area contributed by atoms with Gasteiger partial charge >= 0.3 is 5.97 Å². The van der Waals surface area contributed by atoms with Crippen LogP contribution in [0.1, 0.15) is 38.8 Å². The molecule has 0 bridgehead atoms. The Labute approximate surface area is 135 Å². The Bertz CT molecular complexity index is 473. The first-order valence-corrected chi connectivity index (χ1v) is 8.27. The van der Waals surface area contributed by atoms with Crippen molar-refractivity contribution in [3.63, 3.8) is 0 Å². The van der Waals surface area contributed by atoms with E-state index in [9.17, 15) is 9.35 Å². The fraction of sp³-hybridized carbons (Fsp3) is 0.462. The number of carboxylic acid groups (broad SMARTS) is 1. The minimum atomic E-state index is -1.37. The standard InChI is InChI=1S/C13H17BrClNO3S/c1-13(2,3)20(19)16-11(7-12(17)18)8-4-9(14)6-10(15)5-8/h4-6,11,16H,7H2,1-3H3,(H,17,18). The predicted octanol–water partition coefficient (Wildman–Crippen LogP) is 3.67. The van der Waals surface area contributed by atoms with Gasteiger partial charge in [-0.25, -0.2) is 0 Å². The van der Waals surface area contributed by atoms with Crippen LogP contribution in [0.15, 0.2) is 22.7 Å². The molecule has 1 aromatic rings. The summed E-state index contributed by atoms with van der Waals surface area (Å²) in [6.07, 6.45) is -0.172. The Kier molecular flexibility index (Phi) is 6.34. The van der Waals surface area contributed by atoms with Crippen LogP contribution in [0.2, 0.25) is 5.02 Å². The summed E-state index contributed by atoms with van der Waals surface area (Å²) in [7, 11) is 0. The van der Waals surface area contributed by atoms with Gasteiger partial charge in [0.1, 0.15) is 4.75 Å². The Morgan fingerprint density at radius 3 is 2.55 bits per heavy atom. The van der Waals surface area contributed by atoms with Crippen molar-refractivity contribution < 1.29 is 14.5 Å². The lowest BCUT2D eigenvalue weighted by molar-refractivity contribution is -0.137. The normalized spacial score (nSPS) is 14.9. The monoisotopic (exact) mass is 381 g/mol. The second-order valence-electron chi connectivity index (χ2n) is 5.35. The summed E-state index contributed by atoms with van der Waals surface area (Å²) >= 11 is 7.92. The van der Waals surface area contributed by atoms with Gasteiger partial charge in [0, 0.05) is 20.9 Å². The quantitative estimate of drug-likeness (QED) is 0.762. The van der Waals surface area contributed by atoms with Crippen molar-refractivity contribution in [2.24, 2.45) is 0 Å². The summed E-state index contributed by atoms with van der Waals surface area (Å²) in [5.74, 6) is -0.968. The highest BCUT2D eigenvalue weighted by molar-refractivity contribution is 9.10. The molecule has 0 saturated heterocycles. The van der Waals surface area contributed by atoms with E-state index >= 15 is 0 Å². The molecular formula is C13H17BrClNO3S. The third-order valence-corrected chi connectivity index (χ3v) is 4.76. The summed E-state index contributed by atoms with van der Waals surface area (Å²) in [4.78, 5) is 11.0. The molecule has 0 amide bonds. The first kappa shape index (κ1) is 17.8. The van der Waals surface area contributed by atoms with E-state index in [0.717, 1.165) is 4.47 Å². The Hall–Kier alpha value is -0.270. The van der Waals surface area contributed by atoms with Crippen molar-refractivity contribution in [2.45, 2.75) is 38.0 Å². The molecule has 0 spiro atoms. The van der Waals surface area contributed by atoms with E-state index in [0.29, 0.717) is 10.6 Å². The van der Waals surface area contributed by atoms with Crippen LogP contribution in [0.4, 0.5) is 0 Å². The Balaban J connectivity index is 3.02. The molecular weight excluding hydrogens is 366 g/mol. The van der Waals surface area contributed by atoms with Crippen molar-refractivity contribution in [3.05, 3.63) is 33.3 Å². The third-order valence-electron chi connectivity index (χ3n) is 2.47. The van der Waals surface area contributed by atoms with Gasteiger partial charge in [0.2, 0.25) is 0 Å². The van der Waals surface area contributed by atoms with Crippen molar-refractivity contribution >= 4 is 44.9 Å². The second-order valence-corrected chi connectivity index (χ2v) is 8.70. The van der Waals surface area contributed by atoms with Crippen molar-refractivity contribution in [1.82, 2.24) is 4.72 Å². The SMILES string of the molecule is CC(C)(C)[S+]([O-])NC(CC(=O)O)c1cc(Cl)cc(Br)c1. The maximum absolute atomic E-state index is 12.2. The van der Waals surface area contributed by atoms with Gasteiger partial charge in [-0.3, -0.25) is 4.79 Å². The van der Waals surface area contributed by atoms with E-state index in [-0.39, 0.29) is 6.42 Å². The minimum Gasteiger partial charge on any atom is -0.598 e. The molecule has 20 heavy (non-hydrogen) atoms. The molecule has 7 heteroatoms. The molecule has 2 unspecified atom stereocenters. The molecule has 1 rings (SSSR count). The first-order valence-electron chi connectivity index (χ1n) is 5.95. The molecule has 0 aliphatic rings. The third kappa shape index (κ3) is 5.61. The molecule has 4 nitrogen and oxygen atoms in total. The van der Waals surface area contributed by atoms with Crippen molar-refractivity contribution in [1.29, 1.82) is 0 Å². The number of carbonyl (C=O) groups is 1. The number of aliphatic carboxylic acids is 1. The van der Waals surface area contributed by atoms with Crippen LogP contribution in [0.25, 0.3) is 0 Å². The van der Waals surface area contributed by atoms with Gasteiger partial charge in [-0.1, -0.05) is 27.5 Å². The van der Waals surface area contributed by atoms with Crippen LogP contribution in [-0.2, 0) is 16.2 Å². The summed E-state index contributed by atoms with van der Waals surface area (Å²) < 4.78 is 15.3. The molecule has 0 aromatic heterocycles. The molecule has 1 aromatic carbocycles. The fourth-order valence-corrected chi connectivity index (χ4v) is 3.20. The number of hydrogen-bond donors (Lipinski definition) is 2. The number of benzene rings is 1. The lowest BCUT2D eigenvalue weighted by atomic mass is 10.1. The summed E-state index contributed by atoms with van der Waals surface area (Å²) in [6.45, 7) is 5.46. The van der Waals surface area contributed by atoms with Gasteiger partial charge in [0.15, 0.2) is 0 Å². The molecule has 0 saturated carbocycles. The highest BCUT2D eigenvalue weighted by atomic mass is 79.9. The van der Waals surface area contributed by atoms with Crippen LogP contribution in [0.3, 0.4) is 0 Å². The van der Waals surface area contributed by atoms with E-state index in [2.05, 4.69) is 20.7 Å². The zero-order chi connectivity index (χ0) is 15.5. The summed E-state index contributed by atoms with van der Waals surface area (Å²) in [6, 6.07) is 4.59. The van der Waals surface area contributed by atoms with Crippen molar-refractivity contribution in [3.8, 4) is 0 Å². The molecule has 2 N–H and O–H groups in total. The van der Waals surface area contributed by atoms with Crippen LogP contribution < -0.4 is 4.72 Å². The summed E-state index contributed by atoms with van der Waals surface area (Å²) in [5, 5.41) is 9.51. The number of hydrogen-bond acceptors (Lipinski definition) is 3. The van der Waals surface area contributed by atoms with Gasteiger partial charge in [-0.05, 0) is 44.5 Å². The van der Waals surface area contributed by atoms with Crippen LogP contribution in [-0.4, -0.2) is 20.4 Å². The molecule has 2 atom stereocenters. The highest BCUT2D eigenvalue weighted by Crippen LogP contribution is 2.27. The molecule has 0 aliphatic heterocycles. The van der Waals surface area contributed by atoms with Crippen LogP contribution in [0.5, 0.6) is 0 Å². The molecule has 0 radical (unpaired) electrons. The lowest BCUT2D eigenvalue weighted by Crippen LogP contribution is -2.41. The average molecular weight is 383 g/mol. The lowest BCUT2D eigenvalue weighted by Gasteiger charge is -2.27. The zero-order valence-electron chi connectivity index (χ0n) is 11.4.